The third-order valence-corrected chi connectivity index (χ3v) is 5.94. The summed E-state index contributed by atoms with van der Waals surface area (Å²) in [5.41, 5.74) is 1.24. The molecule has 31 heavy (non-hydrogen) atoms. The minimum atomic E-state index is -0.373. The smallest absolute Gasteiger partial charge is 0.269 e. The fourth-order valence-corrected chi connectivity index (χ4v) is 4.04. The highest BCUT2D eigenvalue weighted by molar-refractivity contribution is 5.81. The Kier molecular flexibility index (Phi) is 8.67. The molecule has 2 aliphatic carbocycles. The number of amides is 1. The van der Waals surface area contributed by atoms with Crippen LogP contribution in [0.4, 0.5) is 5.69 Å². The number of nitrogens with zero attached hydrogens (tertiary/aromatic N) is 2. The fourth-order valence-electron chi connectivity index (χ4n) is 4.04. The van der Waals surface area contributed by atoms with Crippen LogP contribution in [0, 0.1) is 16.0 Å². The summed E-state index contributed by atoms with van der Waals surface area (Å²) < 4.78 is 0. The van der Waals surface area contributed by atoms with Crippen molar-refractivity contribution < 1.29 is 9.72 Å². The van der Waals surface area contributed by atoms with Crippen LogP contribution in [0.1, 0.15) is 63.9 Å². The predicted molar refractivity (Wildman–Crippen MR) is 122 cm³/mol. The van der Waals surface area contributed by atoms with Gasteiger partial charge in [0.15, 0.2) is 5.96 Å². The predicted octanol–water partition coefficient (Wildman–Crippen LogP) is 3.31. The van der Waals surface area contributed by atoms with E-state index < -0.39 is 0 Å². The van der Waals surface area contributed by atoms with Crippen molar-refractivity contribution in [2.24, 2.45) is 10.9 Å². The molecule has 0 aliphatic heterocycles. The van der Waals surface area contributed by atoms with Gasteiger partial charge in [-0.15, -0.1) is 0 Å². The van der Waals surface area contributed by atoms with Gasteiger partial charge in [0.1, 0.15) is 0 Å². The first-order valence-electron chi connectivity index (χ1n) is 11.6. The maximum Gasteiger partial charge on any atom is 0.269 e. The number of aliphatic imine (C=N–C) groups is 1. The van der Waals surface area contributed by atoms with Crippen molar-refractivity contribution in [3.05, 3.63) is 39.9 Å². The molecule has 0 heterocycles. The monoisotopic (exact) mass is 429 g/mol. The lowest BCUT2D eigenvalue weighted by molar-refractivity contribution is -0.384. The van der Waals surface area contributed by atoms with E-state index in [-0.39, 0.29) is 28.5 Å². The van der Waals surface area contributed by atoms with Crippen molar-refractivity contribution in [2.45, 2.75) is 76.8 Å². The van der Waals surface area contributed by atoms with Crippen LogP contribution in [0.5, 0.6) is 0 Å². The Morgan fingerprint density at radius 1 is 1.10 bits per heavy atom. The minimum absolute atomic E-state index is 0.108. The molecule has 2 atom stereocenters. The van der Waals surface area contributed by atoms with Gasteiger partial charge in [-0.05, 0) is 63.9 Å². The summed E-state index contributed by atoms with van der Waals surface area (Å²) in [5.74, 6) is 1.16. The molecular formula is C23H35N5O3. The number of rotatable bonds is 10. The summed E-state index contributed by atoms with van der Waals surface area (Å²) in [6.07, 6.45) is 9.04. The maximum atomic E-state index is 12.4. The molecule has 170 valence electrons. The average molecular weight is 430 g/mol. The zero-order valence-electron chi connectivity index (χ0n) is 18.4. The van der Waals surface area contributed by atoms with Crippen LogP contribution in [-0.4, -0.2) is 42.0 Å². The van der Waals surface area contributed by atoms with Gasteiger partial charge in [0.2, 0.25) is 5.91 Å². The second-order valence-electron chi connectivity index (χ2n) is 8.63. The Labute approximate surface area is 184 Å². The van der Waals surface area contributed by atoms with Gasteiger partial charge in [-0.1, -0.05) is 18.6 Å². The number of nitro groups is 1. The Bertz CT molecular complexity index is 761. The van der Waals surface area contributed by atoms with Crippen LogP contribution in [0.25, 0.3) is 0 Å². The van der Waals surface area contributed by atoms with E-state index in [0.29, 0.717) is 6.04 Å². The van der Waals surface area contributed by atoms with E-state index in [0.717, 1.165) is 82.4 Å². The topological polar surface area (TPSA) is 109 Å². The van der Waals surface area contributed by atoms with E-state index in [9.17, 15) is 14.9 Å². The van der Waals surface area contributed by atoms with Gasteiger partial charge in [-0.2, -0.15) is 0 Å². The molecule has 3 N–H and O–H groups in total. The molecule has 0 bridgehead atoms. The van der Waals surface area contributed by atoms with Gasteiger partial charge in [-0.25, -0.2) is 0 Å². The number of aryl methyl sites for hydroxylation is 1. The second kappa shape index (κ2) is 11.7. The van der Waals surface area contributed by atoms with E-state index in [4.69, 9.17) is 4.99 Å². The molecule has 0 radical (unpaired) electrons. The van der Waals surface area contributed by atoms with Crippen molar-refractivity contribution in [2.75, 3.05) is 13.1 Å². The Morgan fingerprint density at radius 2 is 1.87 bits per heavy atom. The molecule has 1 aromatic rings. The molecule has 2 saturated carbocycles. The lowest BCUT2D eigenvalue weighted by Gasteiger charge is -2.30. The lowest BCUT2D eigenvalue weighted by Crippen LogP contribution is -2.47. The van der Waals surface area contributed by atoms with Crippen molar-refractivity contribution in [3.63, 3.8) is 0 Å². The number of carbonyl (C=O) groups excluding carboxylic acids is 1. The first-order chi connectivity index (χ1) is 15.0. The number of unbranched alkanes of at least 4 members (excludes halogenated alkanes) is 1. The zero-order chi connectivity index (χ0) is 22.1. The molecule has 2 fully saturated rings. The molecule has 2 aliphatic rings. The summed E-state index contributed by atoms with van der Waals surface area (Å²) >= 11 is 0. The first kappa shape index (κ1) is 23.0. The number of carbonyl (C=O) groups is 1. The number of non-ortho nitro benzene ring substituents is 1. The van der Waals surface area contributed by atoms with Gasteiger partial charge in [0, 0.05) is 43.2 Å². The van der Waals surface area contributed by atoms with E-state index in [1.165, 1.54) is 0 Å². The zero-order valence-corrected chi connectivity index (χ0v) is 18.4. The van der Waals surface area contributed by atoms with Gasteiger partial charge >= 0.3 is 0 Å². The third kappa shape index (κ3) is 7.84. The number of guanidine groups is 1. The van der Waals surface area contributed by atoms with Crippen LogP contribution < -0.4 is 16.0 Å². The molecule has 1 amide bonds. The number of benzene rings is 1. The molecule has 0 aromatic heterocycles. The number of nitrogens with one attached hydrogen (secondary N) is 3. The Morgan fingerprint density at radius 3 is 2.55 bits per heavy atom. The quantitative estimate of drug-likeness (QED) is 0.174. The highest BCUT2D eigenvalue weighted by Crippen LogP contribution is 2.26. The van der Waals surface area contributed by atoms with E-state index >= 15 is 0 Å². The summed E-state index contributed by atoms with van der Waals surface area (Å²) in [5, 5.41) is 20.7. The van der Waals surface area contributed by atoms with Gasteiger partial charge in [0.05, 0.1) is 4.92 Å². The Hall–Kier alpha value is -2.64. The second-order valence-corrected chi connectivity index (χ2v) is 8.63. The molecule has 0 saturated heterocycles. The first-order valence-corrected chi connectivity index (χ1v) is 11.6. The molecule has 2 unspecified atom stereocenters. The van der Waals surface area contributed by atoms with Crippen molar-refractivity contribution in [1.29, 1.82) is 0 Å². The largest absolute Gasteiger partial charge is 0.357 e. The number of hydrogen-bond acceptors (Lipinski definition) is 4. The Balaban J connectivity index is 1.40. The van der Waals surface area contributed by atoms with E-state index in [1.54, 1.807) is 12.1 Å². The molecular weight excluding hydrogens is 394 g/mol. The number of hydrogen-bond donors (Lipinski definition) is 3. The standard InChI is InChI=1S/C23H35N5O3/c1-2-24-23(25-15-4-3-6-17-9-13-21(14-10-17)28(30)31)27-20-8-5-7-18(16-20)22(29)26-19-11-12-19/h9-10,13-14,18-20H,2-8,11-12,15-16H2,1H3,(H,26,29)(H2,24,25,27). The van der Waals surface area contributed by atoms with Crippen molar-refractivity contribution in [3.8, 4) is 0 Å². The van der Waals surface area contributed by atoms with Crippen LogP contribution >= 0.6 is 0 Å². The number of nitro benzene ring substituents is 1. The van der Waals surface area contributed by atoms with Crippen LogP contribution in [0.2, 0.25) is 0 Å². The summed E-state index contributed by atoms with van der Waals surface area (Å²) in [7, 11) is 0. The third-order valence-electron chi connectivity index (χ3n) is 5.94. The molecule has 0 spiro atoms. The van der Waals surface area contributed by atoms with E-state index in [2.05, 4.69) is 22.9 Å². The highest BCUT2D eigenvalue weighted by atomic mass is 16.6. The van der Waals surface area contributed by atoms with Crippen LogP contribution in [-0.2, 0) is 11.2 Å². The lowest BCUT2D eigenvalue weighted by atomic mass is 9.85. The molecule has 3 rings (SSSR count). The van der Waals surface area contributed by atoms with Crippen molar-refractivity contribution >= 4 is 17.6 Å². The average Bonchev–Trinajstić information content (AvgIpc) is 3.58. The maximum absolute atomic E-state index is 12.4. The van der Waals surface area contributed by atoms with Gasteiger partial charge in [-0.3, -0.25) is 19.9 Å². The van der Waals surface area contributed by atoms with Gasteiger partial charge in [0.25, 0.3) is 5.69 Å². The molecule has 1 aromatic carbocycles. The summed E-state index contributed by atoms with van der Waals surface area (Å²) in [6.45, 7) is 3.58. The SMILES string of the molecule is CCNC(=NCCCCc1ccc([N+](=O)[O-])cc1)NC1CCCC(C(=O)NC2CC2)C1. The van der Waals surface area contributed by atoms with E-state index in [1.807, 2.05) is 12.1 Å². The van der Waals surface area contributed by atoms with Crippen LogP contribution in [0.15, 0.2) is 29.3 Å². The normalized spacial score (nSPS) is 21.4. The molecule has 8 heteroatoms. The summed E-state index contributed by atoms with van der Waals surface area (Å²) in [6, 6.07) is 7.47. The van der Waals surface area contributed by atoms with Crippen molar-refractivity contribution in [1.82, 2.24) is 16.0 Å². The minimum Gasteiger partial charge on any atom is -0.357 e. The summed E-state index contributed by atoms with van der Waals surface area (Å²) in [4.78, 5) is 27.5. The molecule has 8 nitrogen and oxygen atoms in total. The van der Waals surface area contributed by atoms with Gasteiger partial charge < -0.3 is 16.0 Å². The van der Waals surface area contributed by atoms with Crippen LogP contribution in [0.3, 0.4) is 0 Å². The highest BCUT2D eigenvalue weighted by Gasteiger charge is 2.31. The fraction of sp³-hybridized carbons (Fsp3) is 0.652.